The van der Waals surface area contributed by atoms with Gasteiger partial charge in [0.1, 0.15) is 5.60 Å². The molecule has 2 heterocycles. The molecule has 1 amide bonds. The molecular weight excluding hydrogens is 324 g/mol. The number of hydrogen-bond acceptors (Lipinski definition) is 3. The molecule has 0 atom stereocenters. The Kier molecular flexibility index (Phi) is 4.45. The van der Waals surface area contributed by atoms with Gasteiger partial charge >= 0.3 is 0 Å². The Balaban J connectivity index is 1.35. The van der Waals surface area contributed by atoms with E-state index in [1.165, 1.54) is 0 Å². The quantitative estimate of drug-likeness (QED) is 0.746. The van der Waals surface area contributed by atoms with E-state index in [1.54, 1.807) is 0 Å². The summed E-state index contributed by atoms with van der Waals surface area (Å²) in [5, 5.41) is 4.31. The van der Waals surface area contributed by atoms with Gasteiger partial charge in [0, 0.05) is 43.8 Å². The van der Waals surface area contributed by atoms with Crippen molar-refractivity contribution in [2.24, 2.45) is 5.16 Å². The van der Waals surface area contributed by atoms with Crippen LogP contribution in [-0.2, 0) is 9.63 Å². The maximum absolute atomic E-state index is 12.3. The molecule has 0 unspecified atom stereocenters. The summed E-state index contributed by atoms with van der Waals surface area (Å²) in [6.45, 7) is 1.31. The van der Waals surface area contributed by atoms with Crippen LogP contribution in [0.1, 0.15) is 30.4 Å². The van der Waals surface area contributed by atoms with Crippen molar-refractivity contribution < 1.29 is 9.63 Å². The first-order valence-corrected chi connectivity index (χ1v) is 8.91. The van der Waals surface area contributed by atoms with Crippen LogP contribution in [0.25, 0.3) is 0 Å². The number of oxime groups is 1. The number of amides is 1. The molecular formula is C22H20N2O2. The Bertz CT molecular complexity index is 871. The second-order valence-corrected chi connectivity index (χ2v) is 6.76. The van der Waals surface area contributed by atoms with E-state index in [4.69, 9.17) is 4.84 Å². The van der Waals surface area contributed by atoms with Gasteiger partial charge < -0.3 is 9.74 Å². The summed E-state index contributed by atoms with van der Waals surface area (Å²) in [5.41, 5.74) is 2.69. The number of piperidine rings is 1. The molecule has 2 aromatic carbocycles. The fourth-order valence-electron chi connectivity index (χ4n) is 3.42. The number of carbonyl (C=O) groups is 1. The van der Waals surface area contributed by atoms with Gasteiger partial charge in [-0.15, -0.1) is 0 Å². The zero-order valence-corrected chi connectivity index (χ0v) is 14.5. The van der Waals surface area contributed by atoms with E-state index in [1.807, 2.05) is 53.4 Å². The van der Waals surface area contributed by atoms with Crippen LogP contribution < -0.4 is 0 Å². The molecule has 130 valence electrons. The largest absolute Gasteiger partial charge is 0.388 e. The number of hydrogen-bond donors (Lipinski definition) is 0. The Morgan fingerprint density at radius 3 is 2.35 bits per heavy atom. The molecule has 26 heavy (non-hydrogen) atoms. The van der Waals surface area contributed by atoms with Crippen LogP contribution in [-0.4, -0.2) is 35.2 Å². The predicted molar refractivity (Wildman–Crippen MR) is 101 cm³/mol. The molecule has 2 aliphatic rings. The molecule has 4 nitrogen and oxygen atoms in total. The van der Waals surface area contributed by atoms with Crippen LogP contribution >= 0.6 is 0 Å². The highest BCUT2D eigenvalue weighted by molar-refractivity contribution is 6.01. The molecule has 0 radical (unpaired) electrons. The SMILES string of the molecule is O=C(C#Cc1ccccc1)N1CCC2(CC1)CC(c1ccccc1)=NO2. The lowest BCUT2D eigenvalue weighted by Gasteiger charge is -2.36. The number of benzene rings is 2. The lowest BCUT2D eigenvalue weighted by Crippen LogP contribution is -2.46. The van der Waals surface area contributed by atoms with E-state index in [9.17, 15) is 4.79 Å². The van der Waals surface area contributed by atoms with Crippen molar-refractivity contribution in [3.63, 3.8) is 0 Å². The van der Waals surface area contributed by atoms with E-state index in [0.29, 0.717) is 13.1 Å². The molecule has 1 spiro atoms. The number of likely N-dealkylation sites (tertiary alicyclic amines) is 1. The van der Waals surface area contributed by atoms with Gasteiger partial charge in [0.25, 0.3) is 5.91 Å². The molecule has 0 bridgehead atoms. The summed E-state index contributed by atoms with van der Waals surface area (Å²) in [7, 11) is 0. The van der Waals surface area contributed by atoms with Crippen LogP contribution in [0.2, 0.25) is 0 Å². The van der Waals surface area contributed by atoms with Crippen LogP contribution in [0.5, 0.6) is 0 Å². The number of nitrogens with zero attached hydrogens (tertiary/aromatic N) is 2. The summed E-state index contributed by atoms with van der Waals surface area (Å²) in [6, 6.07) is 19.7. The van der Waals surface area contributed by atoms with Crippen LogP contribution in [0.4, 0.5) is 0 Å². The second-order valence-electron chi connectivity index (χ2n) is 6.76. The average molecular weight is 344 g/mol. The van der Waals surface area contributed by atoms with Crippen molar-refractivity contribution in [2.45, 2.75) is 24.9 Å². The summed E-state index contributed by atoms with van der Waals surface area (Å²) < 4.78 is 0. The lowest BCUT2D eigenvalue weighted by molar-refractivity contribution is -0.130. The third kappa shape index (κ3) is 3.48. The normalized spacial score (nSPS) is 17.8. The standard InChI is InChI=1S/C22H20N2O2/c25-21(12-11-18-7-3-1-4-8-18)24-15-13-22(14-16-24)17-20(23-26-22)19-9-5-2-6-10-19/h1-10H,13-17H2. The van der Waals surface area contributed by atoms with Gasteiger partial charge in [-0.25, -0.2) is 0 Å². The minimum Gasteiger partial charge on any atom is -0.388 e. The summed E-state index contributed by atoms with van der Waals surface area (Å²) in [6.07, 6.45) is 2.37. The summed E-state index contributed by atoms with van der Waals surface area (Å²) >= 11 is 0. The molecule has 4 rings (SSSR count). The topological polar surface area (TPSA) is 41.9 Å². The van der Waals surface area contributed by atoms with Gasteiger partial charge in [0.2, 0.25) is 0 Å². The fourth-order valence-corrected chi connectivity index (χ4v) is 3.42. The van der Waals surface area contributed by atoms with Gasteiger partial charge in [0.15, 0.2) is 0 Å². The first kappa shape index (κ1) is 16.4. The minimum atomic E-state index is -0.269. The van der Waals surface area contributed by atoms with E-state index < -0.39 is 0 Å². The van der Waals surface area contributed by atoms with Crippen molar-refractivity contribution in [2.75, 3.05) is 13.1 Å². The van der Waals surface area contributed by atoms with Gasteiger partial charge in [-0.05, 0) is 17.7 Å². The Hall–Kier alpha value is -3.06. The zero-order chi connectivity index (χ0) is 17.8. The van der Waals surface area contributed by atoms with Crippen molar-refractivity contribution >= 4 is 11.6 Å². The monoisotopic (exact) mass is 344 g/mol. The Morgan fingerprint density at radius 2 is 1.65 bits per heavy atom. The molecule has 0 aliphatic carbocycles. The predicted octanol–water partition coefficient (Wildman–Crippen LogP) is 3.22. The molecule has 0 N–H and O–H groups in total. The molecule has 4 heteroatoms. The van der Waals surface area contributed by atoms with Crippen molar-refractivity contribution in [1.29, 1.82) is 0 Å². The number of carbonyl (C=O) groups excluding carboxylic acids is 1. The maximum Gasteiger partial charge on any atom is 0.298 e. The third-order valence-corrected chi connectivity index (χ3v) is 5.00. The third-order valence-electron chi connectivity index (χ3n) is 5.00. The first-order chi connectivity index (χ1) is 12.7. The average Bonchev–Trinajstić information content (AvgIpc) is 3.12. The molecule has 1 fully saturated rings. The lowest BCUT2D eigenvalue weighted by atomic mass is 9.85. The minimum absolute atomic E-state index is 0.120. The van der Waals surface area contributed by atoms with E-state index >= 15 is 0 Å². The summed E-state index contributed by atoms with van der Waals surface area (Å²) in [5.74, 6) is 5.57. The van der Waals surface area contributed by atoms with Gasteiger partial charge in [0.05, 0.1) is 5.71 Å². The zero-order valence-electron chi connectivity index (χ0n) is 14.5. The Morgan fingerprint density at radius 1 is 1.00 bits per heavy atom. The van der Waals surface area contributed by atoms with Crippen LogP contribution in [0.15, 0.2) is 65.8 Å². The van der Waals surface area contributed by atoms with Gasteiger partial charge in [-0.3, -0.25) is 4.79 Å². The second kappa shape index (κ2) is 7.05. The highest BCUT2D eigenvalue weighted by Gasteiger charge is 2.42. The van der Waals surface area contributed by atoms with E-state index in [0.717, 1.165) is 36.1 Å². The highest BCUT2D eigenvalue weighted by atomic mass is 16.7. The molecule has 0 aromatic heterocycles. The summed E-state index contributed by atoms with van der Waals surface area (Å²) in [4.78, 5) is 20.0. The maximum atomic E-state index is 12.3. The molecule has 2 aliphatic heterocycles. The first-order valence-electron chi connectivity index (χ1n) is 8.91. The fraction of sp³-hybridized carbons (Fsp3) is 0.273. The number of rotatable bonds is 1. The van der Waals surface area contributed by atoms with Gasteiger partial charge in [-0.2, -0.15) is 0 Å². The van der Waals surface area contributed by atoms with E-state index in [-0.39, 0.29) is 11.5 Å². The van der Waals surface area contributed by atoms with Crippen molar-refractivity contribution in [3.05, 3.63) is 71.8 Å². The smallest absolute Gasteiger partial charge is 0.298 e. The van der Waals surface area contributed by atoms with Crippen molar-refractivity contribution in [1.82, 2.24) is 4.90 Å². The van der Waals surface area contributed by atoms with Crippen molar-refractivity contribution in [3.8, 4) is 11.8 Å². The molecule has 1 saturated heterocycles. The van der Waals surface area contributed by atoms with Gasteiger partial charge in [-0.1, -0.05) is 59.6 Å². The van der Waals surface area contributed by atoms with Crippen LogP contribution in [0, 0.1) is 11.8 Å². The Labute approximate surface area is 153 Å². The van der Waals surface area contributed by atoms with E-state index in [2.05, 4.69) is 29.1 Å². The van der Waals surface area contributed by atoms with Crippen LogP contribution in [0.3, 0.4) is 0 Å². The molecule has 2 aromatic rings. The highest BCUT2D eigenvalue weighted by Crippen LogP contribution is 2.36. The molecule has 0 saturated carbocycles.